The summed E-state index contributed by atoms with van der Waals surface area (Å²) in [5, 5.41) is 21.0. The second kappa shape index (κ2) is 9.56. The molecule has 2 atom stereocenters. The summed E-state index contributed by atoms with van der Waals surface area (Å²) in [6.45, 7) is 4.64. The lowest BCUT2D eigenvalue weighted by molar-refractivity contribution is -0.113. The number of carbonyl (C=O) groups excluding carboxylic acids is 1. The fraction of sp³-hybridized carbons (Fsp3) is 0.200. The molecule has 0 saturated heterocycles. The van der Waals surface area contributed by atoms with E-state index >= 15 is 0 Å². The van der Waals surface area contributed by atoms with Crippen LogP contribution in [0.4, 0.5) is 11.4 Å². The summed E-state index contributed by atoms with van der Waals surface area (Å²) < 4.78 is 0. The van der Waals surface area contributed by atoms with Crippen molar-refractivity contribution in [3.8, 4) is 44.5 Å². The van der Waals surface area contributed by atoms with Crippen LogP contribution in [0, 0.1) is 0 Å². The zero-order valence-electron chi connectivity index (χ0n) is 30.3. The van der Waals surface area contributed by atoms with E-state index in [0.29, 0.717) is 11.1 Å². The number of Topliss-reactive ketones (excluding diaryl/α,β-unsaturated/α-hetero) is 1. The number of hydrogen-bond acceptors (Lipinski definition) is 4. The normalized spacial score (nSPS) is 24.9. The molecule has 0 spiro atoms. The van der Waals surface area contributed by atoms with Crippen LogP contribution in [0.25, 0.3) is 66.1 Å². The minimum atomic E-state index is -0.328. The van der Waals surface area contributed by atoms with Crippen LogP contribution in [-0.2, 0) is 15.6 Å². The maximum Gasteiger partial charge on any atom is 0.201 e. The highest BCUT2D eigenvalue weighted by molar-refractivity contribution is 6.29. The summed E-state index contributed by atoms with van der Waals surface area (Å²) in [6.07, 6.45) is 5.36. The van der Waals surface area contributed by atoms with E-state index in [9.17, 15) is 9.90 Å². The second-order valence-electron chi connectivity index (χ2n) is 16.9. The molecule has 4 heteroatoms. The number of carbonyl (C=O) groups is 1. The second-order valence-corrected chi connectivity index (χ2v) is 16.9. The van der Waals surface area contributed by atoms with Crippen LogP contribution >= 0.6 is 0 Å². The fourth-order valence-corrected chi connectivity index (χ4v) is 11.9. The molecular formula is C50H36N2O2. The van der Waals surface area contributed by atoms with Crippen LogP contribution in [0.5, 0.6) is 0 Å². The molecule has 1 fully saturated rings. The Balaban J connectivity index is 0.958. The van der Waals surface area contributed by atoms with Crippen molar-refractivity contribution in [2.75, 3.05) is 5.32 Å². The van der Waals surface area contributed by atoms with E-state index in [4.69, 9.17) is 4.99 Å². The smallest absolute Gasteiger partial charge is 0.201 e. The number of aliphatic imine (C=N–C) groups is 1. The highest BCUT2D eigenvalue weighted by atomic mass is 16.3. The van der Waals surface area contributed by atoms with E-state index < -0.39 is 0 Å². The van der Waals surface area contributed by atoms with Gasteiger partial charge >= 0.3 is 0 Å². The Hall–Kier alpha value is -6.00. The Labute approximate surface area is 313 Å². The molecule has 13 rings (SSSR count). The van der Waals surface area contributed by atoms with Crippen molar-refractivity contribution in [1.29, 1.82) is 0 Å². The van der Waals surface area contributed by atoms with Gasteiger partial charge in [0, 0.05) is 27.3 Å². The molecule has 54 heavy (non-hydrogen) atoms. The largest absolute Gasteiger partial charge is 0.506 e. The molecule has 0 amide bonds. The minimum Gasteiger partial charge on any atom is -0.506 e. The Bertz CT molecular complexity index is 3030. The lowest BCUT2D eigenvalue weighted by Gasteiger charge is -2.38. The van der Waals surface area contributed by atoms with Gasteiger partial charge in [-0.25, -0.2) is 0 Å². The molecule has 258 valence electrons. The zero-order valence-corrected chi connectivity index (χ0v) is 30.3. The van der Waals surface area contributed by atoms with Crippen LogP contribution in [0.15, 0.2) is 136 Å². The van der Waals surface area contributed by atoms with Crippen LogP contribution in [0.3, 0.4) is 0 Å². The molecule has 2 heterocycles. The maximum atomic E-state index is 14.6. The summed E-state index contributed by atoms with van der Waals surface area (Å²) in [5.41, 5.74) is 19.4. The first kappa shape index (κ1) is 29.5. The summed E-state index contributed by atoms with van der Waals surface area (Å²) in [7, 11) is 0. The average Bonchev–Trinajstić information content (AvgIpc) is 3.90. The number of nitrogens with one attached hydrogen (secondary N) is 1. The predicted octanol–water partition coefficient (Wildman–Crippen LogP) is 12.3. The number of fused-ring (bicyclic) bond motifs is 14. The Morgan fingerprint density at radius 2 is 1.17 bits per heavy atom. The highest BCUT2D eigenvalue weighted by Crippen LogP contribution is 2.61. The minimum absolute atomic E-state index is 0.0272. The molecule has 2 unspecified atom stereocenters. The molecule has 7 aliphatic rings. The number of allylic oxidation sites excluding steroid dienone is 5. The number of nitrogens with zero attached hydrogens (tertiary/aromatic N) is 1. The SMILES string of the molecule is CC12CCC/C(=C3/C(=O)C(C4=C5Nc6c(cc7c8c(cccc68)-c6ccccc6-7)C5(C)CCC4)=C3O)C1=Nc1c2cc2c3c(cccc13)-c1ccccc1-2. The van der Waals surface area contributed by atoms with Gasteiger partial charge in [0.1, 0.15) is 5.76 Å². The fourth-order valence-electron chi connectivity index (χ4n) is 11.9. The van der Waals surface area contributed by atoms with Gasteiger partial charge < -0.3 is 10.4 Å². The van der Waals surface area contributed by atoms with E-state index in [-0.39, 0.29) is 22.4 Å². The summed E-state index contributed by atoms with van der Waals surface area (Å²) >= 11 is 0. The van der Waals surface area contributed by atoms with E-state index in [0.717, 1.165) is 72.5 Å². The van der Waals surface area contributed by atoms with E-state index in [1.54, 1.807) is 0 Å². The van der Waals surface area contributed by atoms with Crippen LogP contribution in [-0.4, -0.2) is 16.6 Å². The van der Waals surface area contributed by atoms with Gasteiger partial charge in [0.25, 0.3) is 0 Å². The lowest BCUT2D eigenvalue weighted by atomic mass is 9.64. The zero-order chi connectivity index (χ0) is 35.8. The van der Waals surface area contributed by atoms with Crippen LogP contribution < -0.4 is 5.32 Å². The molecule has 1 saturated carbocycles. The van der Waals surface area contributed by atoms with Crippen molar-refractivity contribution in [3.05, 3.63) is 142 Å². The summed E-state index contributed by atoms with van der Waals surface area (Å²) in [4.78, 5) is 20.1. The summed E-state index contributed by atoms with van der Waals surface area (Å²) in [6, 6.07) is 35.5. The number of ketones is 1. The monoisotopic (exact) mass is 696 g/mol. The number of aliphatic hydroxyl groups excluding tert-OH is 1. The van der Waals surface area contributed by atoms with Crippen molar-refractivity contribution < 1.29 is 9.90 Å². The van der Waals surface area contributed by atoms with Crippen molar-refractivity contribution >= 4 is 44.4 Å². The maximum absolute atomic E-state index is 14.6. The number of hydrogen-bond donors (Lipinski definition) is 2. The van der Waals surface area contributed by atoms with Crippen molar-refractivity contribution in [1.82, 2.24) is 0 Å². The van der Waals surface area contributed by atoms with Crippen molar-refractivity contribution in [2.24, 2.45) is 4.99 Å². The van der Waals surface area contributed by atoms with Crippen LogP contribution in [0.2, 0.25) is 0 Å². The molecule has 0 bridgehead atoms. The lowest BCUT2D eigenvalue weighted by Crippen LogP contribution is -2.38. The third-order valence-corrected chi connectivity index (χ3v) is 14.4. The van der Waals surface area contributed by atoms with Gasteiger partial charge in [0.2, 0.25) is 5.78 Å². The Morgan fingerprint density at radius 1 is 0.611 bits per heavy atom. The molecule has 6 aromatic rings. The van der Waals surface area contributed by atoms with E-state index in [2.05, 4.69) is 116 Å². The molecular weight excluding hydrogens is 661 g/mol. The number of anilines is 1. The molecule has 0 radical (unpaired) electrons. The van der Waals surface area contributed by atoms with Gasteiger partial charge in [-0.15, -0.1) is 0 Å². The predicted molar refractivity (Wildman–Crippen MR) is 219 cm³/mol. The first-order valence-electron chi connectivity index (χ1n) is 19.6. The van der Waals surface area contributed by atoms with E-state index in [1.807, 2.05) is 0 Å². The molecule has 2 aliphatic heterocycles. The molecule has 2 N–H and O–H groups in total. The molecule has 0 aromatic heterocycles. The molecule has 6 aromatic carbocycles. The Kier molecular flexibility index (Phi) is 5.21. The third-order valence-electron chi connectivity index (χ3n) is 14.4. The van der Waals surface area contributed by atoms with Gasteiger partial charge in [-0.2, -0.15) is 0 Å². The average molecular weight is 697 g/mol. The van der Waals surface area contributed by atoms with Gasteiger partial charge in [-0.05, 0) is 142 Å². The first-order valence-corrected chi connectivity index (χ1v) is 19.6. The number of aliphatic hydroxyl groups is 1. The van der Waals surface area contributed by atoms with Crippen molar-refractivity contribution in [2.45, 2.75) is 63.2 Å². The van der Waals surface area contributed by atoms with Gasteiger partial charge in [0.05, 0.1) is 28.2 Å². The summed E-state index contributed by atoms with van der Waals surface area (Å²) in [5.74, 6) is 0.133. The van der Waals surface area contributed by atoms with Crippen LogP contribution in [0.1, 0.15) is 63.5 Å². The quantitative estimate of drug-likeness (QED) is 0.168. The standard InChI is InChI=1S/C50H36N2O2/c1-49-21-9-19-33(47(49)51-43-31-17-7-15-29-25-11-3-5-13-27(25)35(39(29)31)23-37(43)49)41-45(53)42(46(41)54)34-20-10-22-50(2)38-24-36-28-14-6-4-12-26(28)30-16-8-18-32(40(30)36)44(38)52-48(34)50/h3-8,11-18,23-24,51,53H,9-10,19-22H2,1-2H3/b42-34-. The van der Waals surface area contributed by atoms with Gasteiger partial charge in [-0.1, -0.05) is 84.9 Å². The molecule has 5 aliphatic carbocycles. The number of rotatable bonds is 1. The Morgan fingerprint density at radius 3 is 1.83 bits per heavy atom. The topological polar surface area (TPSA) is 61.7 Å². The van der Waals surface area contributed by atoms with E-state index in [1.165, 1.54) is 77.2 Å². The first-order chi connectivity index (χ1) is 26.4. The van der Waals surface area contributed by atoms with Gasteiger partial charge in [0.15, 0.2) is 0 Å². The molecule has 4 nitrogen and oxygen atoms in total. The number of benzene rings is 6. The third kappa shape index (κ3) is 3.22. The van der Waals surface area contributed by atoms with Gasteiger partial charge in [-0.3, -0.25) is 9.79 Å². The highest BCUT2D eigenvalue weighted by Gasteiger charge is 2.51. The van der Waals surface area contributed by atoms with Crippen molar-refractivity contribution in [3.63, 3.8) is 0 Å².